The summed E-state index contributed by atoms with van der Waals surface area (Å²) < 4.78 is 5.65. The minimum Gasteiger partial charge on any atom is -0.435 e. The third-order valence-electron chi connectivity index (χ3n) is 3.11. The first-order valence-corrected chi connectivity index (χ1v) is 7.79. The number of nitrogen functional groups attached to an aromatic ring is 1. The van der Waals surface area contributed by atoms with E-state index < -0.39 is 0 Å². The second-order valence-electron chi connectivity index (χ2n) is 4.66. The molecule has 0 unspecified atom stereocenters. The van der Waals surface area contributed by atoms with E-state index >= 15 is 0 Å². The van der Waals surface area contributed by atoms with Gasteiger partial charge in [0, 0.05) is 18.0 Å². The van der Waals surface area contributed by atoms with Gasteiger partial charge in [0.1, 0.15) is 5.76 Å². The van der Waals surface area contributed by atoms with Crippen LogP contribution in [-0.4, -0.2) is 20.8 Å². The fourth-order valence-corrected chi connectivity index (χ4v) is 2.59. The fraction of sp³-hybridized carbons (Fsp3) is 0. The smallest absolute Gasteiger partial charge is 0.265 e. The van der Waals surface area contributed by atoms with Crippen molar-refractivity contribution in [2.45, 2.75) is 0 Å². The fourth-order valence-electron chi connectivity index (χ4n) is 1.96. The lowest BCUT2D eigenvalue weighted by atomic mass is 10.2. The number of thiophene rings is 1. The molecule has 3 heterocycles. The van der Waals surface area contributed by atoms with Crippen molar-refractivity contribution in [2.75, 3.05) is 5.73 Å². The molecule has 3 aromatic rings. The van der Waals surface area contributed by atoms with Gasteiger partial charge in [0.2, 0.25) is 0 Å². The summed E-state index contributed by atoms with van der Waals surface area (Å²) in [6, 6.07) is 7.40. The van der Waals surface area contributed by atoms with Crippen LogP contribution in [0.15, 0.2) is 59.9 Å². The molecule has 0 bridgehead atoms. The molecule has 0 aromatic carbocycles. The van der Waals surface area contributed by atoms with Crippen molar-refractivity contribution in [2.24, 2.45) is 10.9 Å². The summed E-state index contributed by atoms with van der Waals surface area (Å²) >= 11 is 1.49. The largest absolute Gasteiger partial charge is 0.435 e. The maximum atomic E-state index is 5.91. The highest BCUT2D eigenvalue weighted by Crippen LogP contribution is 2.23. The Hall–Kier alpha value is -3.26. The van der Waals surface area contributed by atoms with Crippen LogP contribution in [0, 0.1) is 0 Å². The van der Waals surface area contributed by atoms with Gasteiger partial charge in [-0.3, -0.25) is 4.98 Å². The topological polar surface area (TPSA) is 112 Å². The van der Waals surface area contributed by atoms with E-state index in [0.717, 1.165) is 10.4 Å². The second-order valence-corrected chi connectivity index (χ2v) is 5.61. The number of nitrogens with zero attached hydrogens (tertiary/aromatic N) is 4. The van der Waals surface area contributed by atoms with Crippen LogP contribution in [0.2, 0.25) is 0 Å². The SMILES string of the molecule is C=C(O/C(=N\N)c1nc(-c2ccncc2)cnc1N)c1cccs1. The van der Waals surface area contributed by atoms with E-state index in [9.17, 15) is 0 Å². The van der Waals surface area contributed by atoms with Crippen molar-refractivity contribution >= 4 is 28.8 Å². The van der Waals surface area contributed by atoms with Gasteiger partial charge in [0.25, 0.3) is 5.90 Å². The molecule has 0 aliphatic rings. The van der Waals surface area contributed by atoms with Gasteiger partial charge in [-0.25, -0.2) is 9.97 Å². The van der Waals surface area contributed by atoms with Crippen LogP contribution in [0.3, 0.4) is 0 Å². The van der Waals surface area contributed by atoms with Gasteiger partial charge in [0.15, 0.2) is 11.5 Å². The van der Waals surface area contributed by atoms with Crippen LogP contribution >= 0.6 is 11.3 Å². The predicted octanol–water partition coefficient (Wildman–Crippen LogP) is 2.49. The number of hydrogen-bond acceptors (Lipinski definition) is 8. The first-order chi connectivity index (χ1) is 11.7. The van der Waals surface area contributed by atoms with Crippen LogP contribution in [0.25, 0.3) is 17.0 Å². The van der Waals surface area contributed by atoms with Gasteiger partial charge in [-0.15, -0.1) is 16.4 Å². The van der Waals surface area contributed by atoms with Crippen LogP contribution in [0.1, 0.15) is 10.6 Å². The average molecular weight is 338 g/mol. The van der Waals surface area contributed by atoms with Crippen molar-refractivity contribution < 1.29 is 4.74 Å². The van der Waals surface area contributed by atoms with Crippen molar-refractivity contribution in [1.82, 2.24) is 15.0 Å². The number of ether oxygens (including phenoxy) is 1. The molecule has 0 saturated heterocycles. The molecular formula is C16H14N6OS. The molecule has 0 atom stereocenters. The third-order valence-corrected chi connectivity index (χ3v) is 4.02. The molecule has 3 rings (SSSR count). The lowest BCUT2D eigenvalue weighted by Gasteiger charge is -2.11. The summed E-state index contributed by atoms with van der Waals surface area (Å²) in [5.41, 5.74) is 7.61. The average Bonchev–Trinajstić information content (AvgIpc) is 3.16. The summed E-state index contributed by atoms with van der Waals surface area (Å²) in [5, 5.41) is 5.57. The zero-order valence-electron chi connectivity index (χ0n) is 12.6. The number of hydrogen-bond donors (Lipinski definition) is 2. The number of anilines is 1. The predicted molar refractivity (Wildman–Crippen MR) is 94.8 cm³/mol. The monoisotopic (exact) mass is 338 g/mol. The zero-order chi connectivity index (χ0) is 16.9. The Kier molecular flexibility index (Phi) is 4.48. The molecular weight excluding hydrogens is 324 g/mol. The Morgan fingerprint density at radius 2 is 2.04 bits per heavy atom. The van der Waals surface area contributed by atoms with Crippen LogP contribution in [-0.2, 0) is 4.74 Å². The first-order valence-electron chi connectivity index (χ1n) is 6.91. The van der Waals surface area contributed by atoms with Crippen molar-refractivity contribution in [3.8, 4) is 11.3 Å². The van der Waals surface area contributed by atoms with E-state index in [1.54, 1.807) is 18.6 Å². The third kappa shape index (κ3) is 3.23. The van der Waals surface area contributed by atoms with Gasteiger partial charge >= 0.3 is 0 Å². The lowest BCUT2D eigenvalue weighted by Crippen LogP contribution is -2.14. The summed E-state index contributed by atoms with van der Waals surface area (Å²) in [7, 11) is 0. The van der Waals surface area contributed by atoms with E-state index in [0.29, 0.717) is 11.5 Å². The molecule has 0 fully saturated rings. The Morgan fingerprint density at radius 1 is 1.25 bits per heavy atom. The molecule has 0 amide bonds. The van der Waals surface area contributed by atoms with E-state index in [1.807, 2.05) is 29.6 Å². The van der Waals surface area contributed by atoms with Crippen LogP contribution < -0.4 is 11.6 Å². The second kappa shape index (κ2) is 6.88. The van der Waals surface area contributed by atoms with Gasteiger partial charge < -0.3 is 16.3 Å². The minimum absolute atomic E-state index is 0.0503. The van der Waals surface area contributed by atoms with Crippen LogP contribution in [0.4, 0.5) is 5.82 Å². The molecule has 0 aliphatic carbocycles. The molecule has 24 heavy (non-hydrogen) atoms. The molecule has 0 aliphatic heterocycles. The van der Waals surface area contributed by atoms with E-state index in [1.165, 1.54) is 11.3 Å². The standard InChI is InChI=1S/C16H14N6OS/c1-10(13-3-2-8-24-13)23-16(22-18)14-15(17)20-9-12(21-14)11-4-6-19-7-5-11/h2-9H,1,18H2,(H2,17,20)/b22-16-. The minimum atomic E-state index is 0.0503. The molecule has 8 heteroatoms. The Balaban J connectivity index is 1.93. The van der Waals surface area contributed by atoms with E-state index in [4.69, 9.17) is 16.3 Å². The molecule has 0 spiro atoms. The number of pyridine rings is 1. The lowest BCUT2D eigenvalue weighted by molar-refractivity contribution is 0.507. The van der Waals surface area contributed by atoms with Crippen molar-refractivity contribution in [1.29, 1.82) is 0 Å². The van der Waals surface area contributed by atoms with Crippen LogP contribution in [0.5, 0.6) is 0 Å². The van der Waals surface area contributed by atoms with Gasteiger partial charge in [-0.1, -0.05) is 12.6 Å². The molecule has 7 nitrogen and oxygen atoms in total. The molecule has 3 aromatic heterocycles. The summed E-state index contributed by atoms with van der Waals surface area (Å²) in [6.45, 7) is 3.88. The molecule has 0 radical (unpaired) electrons. The quantitative estimate of drug-likeness (QED) is 0.248. The van der Waals surface area contributed by atoms with E-state index in [2.05, 4.69) is 26.6 Å². The van der Waals surface area contributed by atoms with Gasteiger partial charge in [-0.05, 0) is 23.6 Å². The maximum Gasteiger partial charge on any atom is 0.265 e. The van der Waals surface area contributed by atoms with E-state index in [-0.39, 0.29) is 17.4 Å². The molecule has 0 saturated carbocycles. The molecule has 120 valence electrons. The Morgan fingerprint density at radius 3 is 2.71 bits per heavy atom. The number of hydrazone groups is 1. The van der Waals surface area contributed by atoms with Gasteiger partial charge in [-0.2, -0.15) is 0 Å². The summed E-state index contributed by atoms with van der Waals surface area (Å²) in [5.74, 6) is 6.08. The summed E-state index contributed by atoms with van der Waals surface area (Å²) in [4.78, 5) is 13.4. The normalized spacial score (nSPS) is 11.2. The Bertz CT molecular complexity index is 877. The highest BCUT2D eigenvalue weighted by molar-refractivity contribution is 7.11. The highest BCUT2D eigenvalue weighted by atomic mass is 32.1. The number of rotatable bonds is 4. The molecule has 4 N–H and O–H groups in total. The first kappa shape index (κ1) is 15.6. The number of nitrogens with two attached hydrogens (primary N) is 2. The van der Waals surface area contributed by atoms with Gasteiger partial charge in [0.05, 0.1) is 16.8 Å². The van der Waals surface area contributed by atoms with Crippen molar-refractivity contribution in [3.05, 3.63) is 65.4 Å². The zero-order valence-corrected chi connectivity index (χ0v) is 13.4. The summed E-state index contributed by atoms with van der Waals surface area (Å²) in [6.07, 6.45) is 4.90. The van der Waals surface area contributed by atoms with Crippen molar-refractivity contribution in [3.63, 3.8) is 0 Å². The maximum absolute atomic E-state index is 5.91. The number of aromatic nitrogens is 3. The highest BCUT2D eigenvalue weighted by Gasteiger charge is 2.17. The Labute approximate surface area is 142 Å².